The monoisotopic (exact) mass is 244 g/mol. The molecular formula is C13H13FN4. The number of rotatable bonds is 3. The van der Waals surface area contributed by atoms with Gasteiger partial charge in [-0.3, -0.25) is 0 Å². The zero-order chi connectivity index (χ0) is 13.0. The Hall–Kier alpha value is -2.27. The number of hydrogen-bond acceptors (Lipinski definition) is 4. The van der Waals surface area contributed by atoms with E-state index in [0.29, 0.717) is 22.6 Å². The van der Waals surface area contributed by atoms with E-state index in [4.69, 9.17) is 11.5 Å². The van der Waals surface area contributed by atoms with E-state index in [0.717, 1.165) is 0 Å². The molecule has 0 atom stereocenters. The van der Waals surface area contributed by atoms with Crippen molar-refractivity contribution in [3.05, 3.63) is 53.7 Å². The number of hydrogen-bond donors (Lipinski definition) is 2. The molecule has 5 heteroatoms. The average Bonchev–Trinajstić information content (AvgIpc) is 2.40. The Morgan fingerprint density at radius 1 is 1.28 bits per heavy atom. The third-order valence-electron chi connectivity index (χ3n) is 2.39. The number of nitrogens with zero attached hydrogens (tertiary/aromatic N) is 2. The maximum absolute atomic E-state index is 13.9. The standard InChI is InChI=1S/C13H13FN4/c14-12-7-9(6-10(16)8-15)2-3-11(12)13-17-4-1-5-18-13/h1-7H,8,15-16H2. The topological polar surface area (TPSA) is 77.8 Å². The minimum Gasteiger partial charge on any atom is -0.401 e. The molecule has 18 heavy (non-hydrogen) atoms. The lowest BCUT2D eigenvalue weighted by atomic mass is 10.1. The fraction of sp³-hybridized carbons (Fsp3) is 0.0769. The summed E-state index contributed by atoms with van der Waals surface area (Å²) in [6.07, 6.45) is 4.78. The van der Waals surface area contributed by atoms with Gasteiger partial charge in [-0.05, 0) is 29.8 Å². The Kier molecular flexibility index (Phi) is 3.64. The lowest BCUT2D eigenvalue weighted by molar-refractivity contribution is 0.629. The molecule has 0 fully saturated rings. The van der Waals surface area contributed by atoms with Gasteiger partial charge in [0.05, 0.1) is 5.56 Å². The fourth-order valence-electron chi connectivity index (χ4n) is 1.51. The molecule has 0 aliphatic carbocycles. The molecule has 1 aromatic carbocycles. The van der Waals surface area contributed by atoms with Crippen LogP contribution in [0.2, 0.25) is 0 Å². The summed E-state index contributed by atoms with van der Waals surface area (Å²) in [6, 6.07) is 6.44. The van der Waals surface area contributed by atoms with E-state index in [1.54, 1.807) is 36.7 Å². The summed E-state index contributed by atoms with van der Waals surface area (Å²) < 4.78 is 13.9. The molecule has 1 aromatic heterocycles. The van der Waals surface area contributed by atoms with Crippen LogP contribution in [0.3, 0.4) is 0 Å². The highest BCUT2D eigenvalue weighted by Crippen LogP contribution is 2.20. The van der Waals surface area contributed by atoms with E-state index in [-0.39, 0.29) is 12.4 Å². The molecule has 0 amide bonds. The molecule has 4 N–H and O–H groups in total. The van der Waals surface area contributed by atoms with Crippen LogP contribution >= 0.6 is 0 Å². The Labute approximate surface area is 104 Å². The van der Waals surface area contributed by atoms with Gasteiger partial charge in [-0.25, -0.2) is 14.4 Å². The molecule has 1 heterocycles. The normalized spacial score (nSPS) is 11.6. The Bertz CT molecular complexity index is 566. The molecular weight excluding hydrogens is 231 g/mol. The van der Waals surface area contributed by atoms with Gasteiger partial charge in [0.1, 0.15) is 5.82 Å². The van der Waals surface area contributed by atoms with Gasteiger partial charge in [0, 0.05) is 24.6 Å². The summed E-state index contributed by atoms with van der Waals surface area (Å²) in [6.45, 7) is 0.241. The summed E-state index contributed by atoms with van der Waals surface area (Å²) >= 11 is 0. The molecule has 92 valence electrons. The quantitative estimate of drug-likeness (QED) is 0.858. The zero-order valence-corrected chi connectivity index (χ0v) is 9.68. The minimum absolute atomic E-state index is 0.241. The van der Waals surface area contributed by atoms with Crippen LogP contribution in [0.25, 0.3) is 17.5 Å². The highest BCUT2D eigenvalue weighted by Gasteiger charge is 2.07. The molecule has 0 spiro atoms. The fourth-order valence-corrected chi connectivity index (χ4v) is 1.51. The minimum atomic E-state index is -0.389. The predicted molar refractivity (Wildman–Crippen MR) is 68.6 cm³/mol. The van der Waals surface area contributed by atoms with E-state index in [1.165, 1.54) is 6.07 Å². The SMILES string of the molecule is NCC(N)=Cc1ccc(-c2ncccn2)c(F)c1. The van der Waals surface area contributed by atoms with Crippen LogP contribution in [-0.4, -0.2) is 16.5 Å². The lowest BCUT2D eigenvalue weighted by Gasteiger charge is -2.03. The molecule has 0 saturated heterocycles. The highest BCUT2D eigenvalue weighted by atomic mass is 19.1. The first-order valence-corrected chi connectivity index (χ1v) is 5.44. The van der Waals surface area contributed by atoms with Crippen LogP contribution in [0.4, 0.5) is 4.39 Å². The van der Waals surface area contributed by atoms with Gasteiger partial charge >= 0.3 is 0 Å². The number of benzene rings is 1. The van der Waals surface area contributed by atoms with Crippen LogP contribution in [0.1, 0.15) is 5.56 Å². The lowest BCUT2D eigenvalue weighted by Crippen LogP contribution is -2.10. The molecule has 2 rings (SSSR count). The third kappa shape index (κ3) is 2.70. The second-order valence-electron chi connectivity index (χ2n) is 3.74. The first kappa shape index (κ1) is 12.2. The molecule has 0 radical (unpaired) electrons. The number of halogens is 1. The summed E-state index contributed by atoms with van der Waals surface area (Å²) in [5.74, 6) is -0.0305. The largest absolute Gasteiger partial charge is 0.401 e. The van der Waals surface area contributed by atoms with E-state index in [2.05, 4.69) is 9.97 Å². The average molecular weight is 244 g/mol. The molecule has 2 aromatic rings. The van der Waals surface area contributed by atoms with Gasteiger partial charge in [-0.2, -0.15) is 0 Å². The number of aromatic nitrogens is 2. The summed E-state index contributed by atoms with van der Waals surface area (Å²) in [4.78, 5) is 8.01. The van der Waals surface area contributed by atoms with Crippen LogP contribution in [-0.2, 0) is 0 Å². The second kappa shape index (κ2) is 5.37. The van der Waals surface area contributed by atoms with Gasteiger partial charge in [-0.15, -0.1) is 0 Å². The van der Waals surface area contributed by atoms with Crippen molar-refractivity contribution in [3.8, 4) is 11.4 Å². The van der Waals surface area contributed by atoms with E-state index < -0.39 is 0 Å². The summed E-state index contributed by atoms with van der Waals surface area (Å²) in [7, 11) is 0. The zero-order valence-electron chi connectivity index (χ0n) is 9.68. The van der Waals surface area contributed by atoms with Gasteiger partial charge in [0.25, 0.3) is 0 Å². The molecule has 0 unspecified atom stereocenters. The molecule has 0 saturated carbocycles. The van der Waals surface area contributed by atoms with Crippen LogP contribution < -0.4 is 11.5 Å². The van der Waals surface area contributed by atoms with Crippen LogP contribution in [0.15, 0.2) is 42.4 Å². The van der Waals surface area contributed by atoms with Crippen molar-refractivity contribution in [2.24, 2.45) is 11.5 Å². The van der Waals surface area contributed by atoms with Gasteiger partial charge in [0.15, 0.2) is 5.82 Å². The third-order valence-corrected chi connectivity index (χ3v) is 2.39. The Morgan fingerprint density at radius 2 is 2.00 bits per heavy atom. The van der Waals surface area contributed by atoms with E-state index in [9.17, 15) is 4.39 Å². The molecule has 0 aliphatic heterocycles. The first-order chi connectivity index (χ1) is 8.70. The van der Waals surface area contributed by atoms with E-state index in [1.807, 2.05) is 0 Å². The van der Waals surface area contributed by atoms with Crippen molar-refractivity contribution in [2.45, 2.75) is 0 Å². The predicted octanol–water partition coefficient (Wildman–Crippen LogP) is 1.54. The summed E-state index contributed by atoms with van der Waals surface area (Å²) in [5.41, 5.74) is 12.5. The van der Waals surface area contributed by atoms with Gasteiger partial charge in [0.2, 0.25) is 0 Å². The van der Waals surface area contributed by atoms with Gasteiger partial charge < -0.3 is 11.5 Å². The molecule has 0 bridgehead atoms. The van der Waals surface area contributed by atoms with Crippen molar-refractivity contribution in [1.82, 2.24) is 9.97 Å². The first-order valence-electron chi connectivity index (χ1n) is 5.44. The van der Waals surface area contributed by atoms with Crippen LogP contribution in [0.5, 0.6) is 0 Å². The molecule has 0 aliphatic rings. The number of nitrogens with two attached hydrogens (primary N) is 2. The van der Waals surface area contributed by atoms with Crippen molar-refractivity contribution < 1.29 is 4.39 Å². The second-order valence-corrected chi connectivity index (χ2v) is 3.74. The van der Waals surface area contributed by atoms with Crippen molar-refractivity contribution in [3.63, 3.8) is 0 Å². The Balaban J connectivity index is 2.37. The molecule has 4 nitrogen and oxygen atoms in total. The summed E-state index contributed by atoms with van der Waals surface area (Å²) in [5, 5.41) is 0. The van der Waals surface area contributed by atoms with Crippen LogP contribution in [0, 0.1) is 5.82 Å². The smallest absolute Gasteiger partial charge is 0.162 e. The van der Waals surface area contributed by atoms with Crippen molar-refractivity contribution in [1.29, 1.82) is 0 Å². The highest BCUT2D eigenvalue weighted by molar-refractivity contribution is 5.61. The van der Waals surface area contributed by atoms with E-state index >= 15 is 0 Å². The van der Waals surface area contributed by atoms with Crippen molar-refractivity contribution in [2.75, 3.05) is 6.54 Å². The maximum atomic E-state index is 13.9. The van der Waals surface area contributed by atoms with Gasteiger partial charge in [-0.1, -0.05) is 6.07 Å². The maximum Gasteiger partial charge on any atom is 0.162 e. The van der Waals surface area contributed by atoms with Crippen molar-refractivity contribution >= 4 is 6.08 Å². The Morgan fingerprint density at radius 3 is 2.61 bits per heavy atom.